The Balaban J connectivity index is 3.07. The largest absolute Gasteiger partial charge is 0.272 e. The third-order valence-electron chi connectivity index (χ3n) is 2.43. The Labute approximate surface area is 86.2 Å². The highest BCUT2D eigenvalue weighted by molar-refractivity contribution is 5.46. The summed E-state index contributed by atoms with van der Waals surface area (Å²) in [6.45, 7) is 7.77. The molecular formula is C13H17N. The lowest BCUT2D eigenvalue weighted by Gasteiger charge is -2.07. The SMILES string of the molecule is C=N/C=C\C1=C(CC)CC=CC=C1C. The van der Waals surface area contributed by atoms with Crippen molar-refractivity contribution in [3.8, 4) is 0 Å². The highest BCUT2D eigenvalue weighted by atomic mass is 14.6. The molecule has 0 amide bonds. The third-order valence-corrected chi connectivity index (χ3v) is 2.43. The minimum atomic E-state index is 1.04. The van der Waals surface area contributed by atoms with Gasteiger partial charge in [0.25, 0.3) is 0 Å². The van der Waals surface area contributed by atoms with E-state index in [1.165, 1.54) is 16.7 Å². The molecule has 74 valence electrons. The van der Waals surface area contributed by atoms with Crippen molar-refractivity contribution in [2.24, 2.45) is 4.99 Å². The zero-order chi connectivity index (χ0) is 10.4. The average molecular weight is 187 g/mol. The molecule has 1 aliphatic carbocycles. The topological polar surface area (TPSA) is 12.4 Å². The summed E-state index contributed by atoms with van der Waals surface area (Å²) in [6.07, 6.45) is 12.4. The zero-order valence-corrected chi connectivity index (χ0v) is 8.96. The van der Waals surface area contributed by atoms with Crippen LogP contribution < -0.4 is 0 Å². The van der Waals surface area contributed by atoms with Gasteiger partial charge in [-0.3, -0.25) is 4.99 Å². The highest BCUT2D eigenvalue weighted by Gasteiger charge is 2.04. The lowest BCUT2D eigenvalue weighted by molar-refractivity contribution is 1.01. The summed E-state index contributed by atoms with van der Waals surface area (Å²) >= 11 is 0. The van der Waals surface area contributed by atoms with E-state index in [0.29, 0.717) is 0 Å². The fourth-order valence-corrected chi connectivity index (χ4v) is 1.61. The van der Waals surface area contributed by atoms with Crippen LogP contribution in [0.25, 0.3) is 0 Å². The average Bonchev–Trinajstić information content (AvgIpc) is 2.37. The molecule has 0 aliphatic heterocycles. The summed E-state index contributed by atoms with van der Waals surface area (Å²) < 4.78 is 0. The van der Waals surface area contributed by atoms with Gasteiger partial charge in [0.1, 0.15) is 0 Å². The van der Waals surface area contributed by atoms with Gasteiger partial charge in [-0.05, 0) is 43.7 Å². The molecule has 0 radical (unpaired) electrons. The maximum atomic E-state index is 3.75. The number of hydrogen-bond donors (Lipinski definition) is 0. The number of rotatable bonds is 3. The predicted octanol–water partition coefficient (Wildman–Crippen LogP) is 3.81. The lowest BCUT2D eigenvalue weighted by Crippen LogP contribution is -1.88. The van der Waals surface area contributed by atoms with Crippen molar-refractivity contribution >= 4 is 6.72 Å². The van der Waals surface area contributed by atoms with E-state index in [-0.39, 0.29) is 0 Å². The van der Waals surface area contributed by atoms with E-state index in [1.807, 2.05) is 6.08 Å². The van der Waals surface area contributed by atoms with Crippen LogP contribution in [0.15, 0.2) is 52.2 Å². The van der Waals surface area contributed by atoms with Crippen LogP contribution >= 0.6 is 0 Å². The van der Waals surface area contributed by atoms with Gasteiger partial charge in [-0.1, -0.05) is 30.7 Å². The molecule has 14 heavy (non-hydrogen) atoms. The second-order valence-corrected chi connectivity index (χ2v) is 3.35. The molecule has 0 heterocycles. The van der Waals surface area contributed by atoms with Gasteiger partial charge in [-0.2, -0.15) is 0 Å². The number of aliphatic imine (C=N–C) groups is 1. The Hall–Kier alpha value is -1.37. The molecule has 0 atom stereocenters. The van der Waals surface area contributed by atoms with Gasteiger partial charge in [-0.15, -0.1) is 0 Å². The van der Waals surface area contributed by atoms with E-state index >= 15 is 0 Å². The van der Waals surface area contributed by atoms with Gasteiger partial charge in [0.2, 0.25) is 0 Å². The van der Waals surface area contributed by atoms with E-state index in [4.69, 9.17) is 0 Å². The first kappa shape index (κ1) is 10.7. The van der Waals surface area contributed by atoms with Crippen molar-refractivity contribution in [1.82, 2.24) is 0 Å². The van der Waals surface area contributed by atoms with Gasteiger partial charge in [0.05, 0.1) is 0 Å². The van der Waals surface area contributed by atoms with E-state index in [0.717, 1.165) is 12.8 Å². The molecular weight excluding hydrogens is 170 g/mol. The Morgan fingerprint density at radius 3 is 3.00 bits per heavy atom. The van der Waals surface area contributed by atoms with Crippen LogP contribution in [0.3, 0.4) is 0 Å². The van der Waals surface area contributed by atoms with Gasteiger partial charge in [0.15, 0.2) is 0 Å². The molecule has 0 aromatic rings. The molecule has 1 heteroatoms. The Morgan fingerprint density at radius 1 is 1.57 bits per heavy atom. The Bertz CT molecular complexity index is 327. The van der Waals surface area contributed by atoms with E-state index < -0.39 is 0 Å². The fourth-order valence-electron chi connectivity index (χ4n) is 1.61. The second-order valence-electron chi connectivity index (χ2n) is 3.35. The lowest BCUT2D eigenvalue weighted by atomic mass is 9.98. The van der Waals surface area contributed by atoms with Crippen molar-refractivity contribution in [2.75, 3.05) is 0 Å². The smallest absolute Gasteiger partial charge is 0.0266 e. The maximum Gasteiger partial charge on any atom is 0.0266 e. The van der Waals surface area contributed by atoms with Crippen LogP contribution in [-0.2, 0) is 0 Å². The highest BCUT2D eigenvalue weighted by Crippen LogP contribution is 2.24. The summed E-state index contributed by atoms with van der Waals surface area (Å²) in [7, 11) is 0. The standard InChI is InChI=1S/C13H17N/c1-4-12-8-6-5-7-11(2)13(12)9-10-14-3/h5-7,9-10H,3-4,8H2,1-2H3/b10-9-. The molecule has 0 N–H and O–H groups in total. The summed E-state index contributed by atoms with van der Waals surface area (Å²) in [4.78, 5) is 3.75. The van der Waals surface area contributed by atoms with Gasteiger partial charge in [-0.25, -0.2) is 0 Å². The van der Waals surface area contributed by atoms with E-state index in [1.54, 1.807) is 6.20 Å². The van der Waals surface area contributed by atoms with Crippen LogP contribution in [0.5, 0.6) is 0 Å². The second kappa shape index (κ2) is 5.38. The minimum absolute atomic E-state index is 1.04. The molecule has 0 saturated carbocycles. The van der Waals surface area contributed by atoms with Crippen LogP contribution in [-0.4, -0.2) is 6.72 Å². The van der Waals surface area contributed by atoms with Crippen molar-refractivity contribution < 1.29 is 0 Å². The first-order valence-corrected chi connectivity index (χ1v) is 4.97. The zero-order valence-electron chi connectivity index (χ0n) is 8.96. The molecule has 0 saturated heterocycles. The van der Waals surface area contributed by atoms with Crippen molar-refractivity contribution in [3.05, 3.63) is 47.2 Å². The van der Waals surface area contributed by atoms with Gasteiger partial charge < -0.3 is 0 Å². The summed E-state index contributed by atoms with van der Waals surface area (Å²) in [5.74, 6) is 0. The summed E-state index contributed by atoms with van der Waals surface area (Å²) in [6, 6.07) is 0. The fraction of sp³-hybridized carbons (Fsp3) is 0.308. The molecule has 0 fully saturated rings. The first-order valence-electron chi connectivity index (χ1n) is 4.97. The number of hydrogen-bond acceptors (Lipinski definition) is 1. The number of allylic oxidation sites excluding steroid dienone is 7. The maximum absolute atomic E-state index is 3.75. The molecule has 0 unspecified atom stereocenters. The molecule has 1 aliphatic rings. The quantitative estimate of drug-likeness (QED) is 0.596. The van der Waals surface area contributed by atoms with Gasteiger partial charge >= 0.3 is 0 Å². The van der Waals surface area contributed by atoms with Gasteiger partial charge in [0, 0.05) is 6.20 Å². The minimum Gasteiger partial charge on any atom is -0.272 e. The van der Waals surface area contributed by atoms with Crippen LogP contribution in [0.2, 0.25) is 0 Å². The van der Waals surface area contributed by atoms with Crippen molar-refractivity contribution in [2.45, 2.75) is 26.7 Å². The molecule has 1 rings (SSSR count). The van der Waals surface area contributed by atoms with Crippen molar-refractivity contribution in [3.63, 3.8) is 0 Å². The van der Waals surface area contributed by atoms with Crippen LogP contribution in [0, 0.1) is 0 Å². The van der Waals surface area contributed by atoms with Crippen LogP contribution in [0.1, 0.15) is 26.7 Å². The molecule has 1 nitrogen and oxygen atoms in total. The Kier molecular flexibility index (Phi) is 4.11. The first-order chi connectivity index (χ1) is 6.79. The Morgan fingerprint density at radius 2 is 2.36 bits per heavy atom. The molecule has 0 aromatic carbocycles. The molecule has 0 aromatic heterocycles. The molecule has 0 bridgehead atoms. The monoisotopic (exact) mass is 187 g/mol. The van der Waals surface area contributed by atoms with E-state index in [9.17, 15) is 0 Å². The van der Waals surface area contributed by atoms with Crippen molar-refractivity contribution in [1.29, 1.82) is 0 Å². The third kappa shape index (κ3) is 2.56. The summed E-state index contributed by atoms with van der Waals surface area (Å²) in [5.41, 5.74) is 4.08. The number of nitrogens with zero attached hydrogens (tertiary/aromatic N) is 1. The molecule has 0 spiro atoms. The van der Waals surface area contributed by atoms with E-state index in [2.05, 4.69) is 43.8 Å². The predicted molar refractivity (Wildman–Crippen MR) is 63.5 cm³/mol. The normalized spacial score (nSPS) is 17.1. The van der Waals surface area contributed by atoms with Crippen LogP contribution in [0.4, 0.5) is 0 Å². The summed E-state index contributed by atoms with van der Waals surface area (Å²) in [5, 5.41) is 0.